The molecule has 0 aromatic heterocycles. The van der Waals surface area contributed by atoms with Gasteiger partial charge in [0.1, 0.15) is 0 Å². The van der Waals surface area contributed by atoms with Gasteiger partial charge in [0, 0.05) is 25.6 Å². The molecule has 4 fully saturated rings. The molecule has 1 heterocycles. The predicted octanol–water partition coefficient (Wildman–Crippen LogP) is 3.44. The molecule has 4 aliphatic rings. The zero-order valence-corrected chi connectivity index (χ0v) is 15.7. The van der Waals surface area contributed by atoms with Crippen molar-refractivity contribution in [1.29, 1.82) is 0 Å². The summed E-state index contributed by atoms with van der Waals surface area (Å²) in [4.78, 5) is 14.3. The summed E-state index contributed by atoms with van der Waals surface area (Å²) in [5, 5.41) is 9.64. The van der Waals surface area contributed by atoms with E-state index in [9.17, 15) is 10.0 Å². The first kappa shape index (κ1) is 16.8. The van der Waals surface area contributed by atoms with E-state index in [1.165, 1.54) is 19.3 Å². The van der Waals surface area contributed by atoms with Crippen LogP contribution in [0.15, 0.2) is 0 Å². The average Bonchev–Trinajstić information content (AvgIpc) is 2.90. The van der Waals surface area contributed by atoms with Gasteiger partial charge in [-0.1, -0.05) is 20.8 Å². The van der Waals surface area contributed by atoms with Crippen LogP contribution in [0.5, 0.6) is 0 Å². The van der Waals surface area contributed by atoms with Crippen LogP contribution in [0.2, 0.25) is 0 Å². The van der Waals surface area contributed by atoms with Crippen molar-refractivity contribution in [3.63, 3.8) is 0 Å². The van der Waals surface area contributed by atoms with Crippen LogP contribution in [0.4, 0.5) is 0 Å². The molecule has 3 aliphatic carbocycles. The first-order valence-electron chi connectivity index (χ1n) is 9.98. The maximum absolute atomic E-state index is 12.3. The van der Waals surface area contributed by atoms with E-state index in [4.69, 9.17) is 0 Å². The zero-order valence-electron chi connectivity index (χ0n) is 15.7. The van der Waals surface area contributed by atoms with Crippen LogP contribution in [0.3, 0.4) is 0 Å². The molecule has 4 nitrogen and oxygen atoms in total. The van der Waals surface area contributed by atoms with Gasteiger partial charge in [-0.15, -0.1) is 0 Å². The fourth-order valence-electron chi connectivity index (χ4n) is 7.67. The van der Waals surface area contributed by atoms with Crippen LogP contribution in [-0.2, 0) is 4.79 Å². The van der Waals surface area contributed by atoms with E-state index in [0.717, 1.165) is 43.4 Å². The molecule has 0 radical (unpaired) electrons. The van der Waals surface area contributed by atoms with Crippen molar-refractivity contribution in [1.82, 2.24) is 10.4 Å². The van der Waals surface area contributed by atoms with Gasteiger partial charge in [-0.2, -0.15) is 0 Å². The third-order valence-electron chi connectivity index (χ3n) is 9.09. The van der Waals surface area contributed by atoms with Gasteiger partial charge in [-0.25, -0.2) is 5.48 Å². The van der Waals surface area contributed by atoms with Crippen LogP contribution in [0, 0.1) is 34.5 Å². The molecule has 1 aliphatic heterocycles. The van der Waals surface area contributed by atoms with E-state index in [-0.39, 0.29) is 16.9 Å². The van der Waals surface area contributed by atoms with Gasteiger partial charge in [0.2, 0.25) is 5.91 Å². The Kier molecular flexibility index (Phi) is 3.82. The van der Waals surface area contributed by atoms with Crippen molar-refractivity contribution < 1.29 is 10.0 Å². The Labute approximate surface area is 146 Å². The molecule has 24 heavy (non-hydrogen) atoms. The van der Waals surface area contributed by atoms with Crippen molar-refractivity contribution in [3.05, 3.63) is 0 Å². The SMILES string of the molecule is C[C@H]1CC2N(C)C(=O)CC[C@]2(C)C2CC[C@]3(C)C(NO)CCC3C21. The third-order valence-corrected chi connectivity index (χ3v) is 9.09. The topological polar surface area (TPSA) is 52.6 Å². The van der Waals surface area contributed by atoms with Crippen molar-refractivity contribution >= 4 is 5.91 Å². The quantitative estimate of drug-likeness (QED) is 0.722. The highest BCUT2D eigenvalue weighted by atomic mass is 16.5. The summed E-state index contributed by atoms with van der Waals surface area (Å²) in [7, 11) is 2.03. The summed E-state index contributed by atoms with van der Waals surface area (Å²) in [5.74, 6) is 3.22. The van der Waals surface area contributed by atoms with E-state index in [1.807, 2.05) is 7.05 Å². The molecule has 136 valence electrons. The van der Waals surface area contributed by atoms with Crippen LogP contribution in [-0.4, -0.2) is 35.1 Å². The number of carbonyl (C=O) groups is 1. The molecule has 8 atom stereocenters. The van der Waals surface area contributed by atoms with Crippen molar-refractivity contribution in [2.75, 3.05) is 7.05 Å². The number of nitrogens with one attached hydrogen (secondary N) is 1. The number of carbonyl (C=O) groups excluding carboxylic acids is 1. The van der Waals surface area contributed by atoms with Gasteiger partial charge in [0.25, 0.3) is 0 Å². The molecular formula is C20H34N2O2. The van der Waals surface area contributed by atoms with E-state index >= 15 is 0 Å². The highest BCUT2D eigenvalue weighted by Crippen LogP contribution is 2.65. The molecule has 0 aromatic rings. The number of rotatable bonds is 1. The van der Waals surface area contributed by atoms with Crippen molar-refractivity contribution in [2.24, 2.45) is 34.5 Å². The first-order chi connectivity index (χ1) is 11.3. The fraction of sp³-hybridized carbons (Fsp3) is 0.950. The molecule has 0 bridgehead atoms. The molecule has 5 unspecified atom stereocenters. The van der Waals surface area contributed by atoms with Crippen LogP contribution in [0.1, 0.15) is 65.7 Å². The molecule has 1 saturated heterocycles. The number of amides is 1. The van der Waals surface area contributed by atoms with Crippen molar-refractivity contribution in [2.45, 2.75) is 77.8 Å². The van der Waals surface area contributed by atoms with E-state index < -0.39 is 0 Å². The van der Waals surface area contributed by atoms with Crippen LogP contribution in [0.25, 0.3) is 0 Å². The first-order valence-corrected chi connectivity index (χ1v) is 9.98. The van der Waals surface area contributed by atoms with Crippen LogP contribution >= 0.6 is 0 Å². The highest BCUT2D eigenvalue weighted by Gasteiger charge is 2.62. The minimum atomic E-state index is 0.240. The fourth-order valence-corrected chi connectivity index (χ4v) is 7.67. The predicted molar refractivity (Wildman–Crippen MR) is 93.4 cm³/mol. The summed E-state index contributed by atoms with van der Waals surface area (Å²) in [6.07, 6.45) is 7.77. The summed E-state index contributed by atoms with van der Waals surface area (Å²) >= 11 is 0. The molecule has 2 N–H and O–H groups in total. The number of nitrogens with zero attached hydrogens (tertiary/aromatic N) is 1. The lowest BCUT2D eigenvalue weighted by Crippen LogP contribution is -2.63. The van der Waals surface area contributed by atoms with Gasteiger partial charge in [-0.05, 0) is 73.0 Å². The van der Waals surface area contributed by atoms with Crippen molar-refractivity contribution in [3.8, 4) is 0 Å². The minimum absolute atomic E-state index is 0.240. The number of likely N-dealkylation sites (tertiary alicyclic amines) is 1. The van der Waals surface area contributed by atoms with E-state index in [1.54, 1.807) is 0 Å². The Balaban J connectivity index is 1.69. The largest absolute Gasteiger partial charge is 0.342 e. The second kappa shape index (κ2) is 5.44. The zero-order chi connectivity index (χ0) is 17.3. The third kappa shape index (κ3) is 2.02. The lowest BCUT2D eigenvalue weighted by molar-refractivity contribution is -0.166. The summed E-state index contributed by atoms with van der Waals surface area (Å²) in [6, 6.07) is 0.685. The smallest absolute Gasteiger partial charge is 0.222 e. The number of piperidine rings is 1. The van der Waals surface area contributed by atoms with Gasteiger partial charge < -0.3 is 10.1 Å². The molecule has 4 heteroatoms. The maximum atomic E-state index is 12.3. The molecule has 4 rings (SSSR count). The molecular weight excluding hydrogens is 300 g/mol. The Bertz CT molecular complexity index is 538. The van der Waals surface area contributed by atoms with Gasteiger partial charge in [0.05, 0.1) is 0 Å². The Hall–Kier alpha value is -0.610. The second-order valence-corrected chi connectivity index (χ2v) is 9.83. The lowest BCUT2D eigenvalue weighted by Gasteiger charge is -2.63. The molecule has 3 saturated carbocycles. The standard InChI is InChI=1S/C20H34N2O2/c1-12-11-16-20(3,10-8-17(23)22(16)4)14-7-9-19(2)13(18(12)14)5-6-15(19)21-24/h12-16,18,21,24H,5-11H2,1-4H3/t12-,13?,14?,15?,16?,18?,19-,20+/m0/s1. The van der Waals surface area contributed by atoms with Crippen LogP contribution < -0.4 is 5.48 Å². The van der Waals surface area contributed by atoms with E-state index in [2.05, 4.69) is 31.2 Å². The Morgan fingerprint density at radius 3 is 2.54 bits per heavy atom. The number of fused-ring (bicyclic) bond motifs is 5. The second-order valence-electron chi connectivity index (χ2n) is 9.83. The highest BCUT2D eigenvalue weighted by molar-refractivity contribution is 5.77. The lowest BCUT2D eigenvalue weighted by atomic mass is 9.45. The molecule has 0 spiro atoms. The Morgan fingerprint density at radius 1 is 1.12 bits per heavy atom. The Morgan fingerprint density at radius 2 is 1.83 bits per heavy atom. The summed E-state index contributed by atoms with van der Waals surface area (Å²) in [5.41, 5.74) is 3.16. The number of hydroxylamine groups is 1. The molecule has 1 amide bonds. The van der Waals surface area contributed by atoms with Gasteiger partial charge in [-0.3, -0.25) is 4.79 Å². The summed E-state index contributed by atoms with van der Waals surface area (Å²) in [6.45, 7) is 7.31. The number of hydrogen-bond donors (Lipinski definition) is 2. The minimum Gasteiger partial charge on any atom is -0.342 e. The maximum Gasteiger partial charge on any atom is 0.222 e. The normalized spacial score (nSPS) is 54.2. The van der Waals surface area contributed by atoms with Gasteiger partial charge >= 0.3 is 0 Å². The monoisotopic (exact) mass is 334 g/mol. The van der Waals surface area contributed by atoms with E-state index in [0.29, 0.717) is 17.9 Å². The average molecular weight is 335 g/mol. The number of hydrogen-bond acceptors (Lipinski definition) is 3. The molecule has 0 aromatic carbocycles. The summed E-state index contributed by atoms with van der Waals surface area (Å²) < 4.78 is 0. The van der Waals surface area contributed by atoms with Gasteiger partial charge in [0.15, 0.2) is 0 Å².